The number of nitrogens with zero attached hydrogens (tertiary/aromatic N) is 3. The molecule has 2 rings (SSSR count). The van der Waals surface area contributed by atoms with E-state index in [1.54, 1.807) is 18.2 Å². The second-order valence-electron chi connectivity index (χ2n) is 3.65. The van der Waals surface area contributed by atoms with Crippen molar-refractivity contribution in [3.8, 4) is 11.8 Å². The molecule has 0 unspecified atom stereocenters. The smallest absolute Gasteiger partial charge is 0.131 e. The SMILES string of the molecule is [N-]=[N+]=NCCC#Cc1ccc(F)c2ccccc12. The van der Waals surface area contributed by atoms with Crippen molar-refractivity contribution in [1.29, 1.82) is 0 Å². The van der Waals surface area contributed by atoms with E-state index in [2.05, 4.69) is 21.9 Å². The lowest BCUT2D eigenvalue weighted by Gasteiger charge is -2.01. The normalized spacial score (nSPS) is 9.39. The topological polar surface area (TPSA) is 48.8 Å². The summed E-state index contributed by atoms with van der Waals surface area (Å²) in [4.78, 5) is 2.65. The number of halogens is 1. The van der Waals surface area contributed by atoms with E-state index >= 15 is 0 Å². The Morgan fingerprint density at radius 3 is 2.72 bits per heavy atom. The minimum absolute atomic E-state index is 0.245. The molecule has 3 nitrogen and oxygen atoms in total. The summed E-state index contributed by atoms with van der Waals surface area (Å²) >= 11 is 0. The van der Waals surface area contributed by atoms with Gasteiger partial charge in [0.1, 0.15) is 5.82 Å². The lowest BCUT2D eigenvalue weighted by molar-refractivity contribution is 0.640. The molecule has 2 aromatic rings. The molecule has 0 radical (unpaired) electrons. The molecule has 0 aromatic heterocycles. The molecule has 0 aliphatic rings. The van der Waals surface area contributed by atoms with Crippen LogP contribution in [-0.4, -0.2) is 6.54 Å². The van der Waals surface area contributed by atoms with E-state index in [0.717, 1.165) is 10.9 Å². The summed E-state index contributed by atoms with van der Waals surface area (Å²) in [6, 6.07) is 10.3. The molecule has 88 valence electrons. The lowest BCUT2D eigenvalue weighted by Crippen LogP contribution is -1.84. The average Bonchev–Trinajstić information content (AvgIpc) is 2.41. The van der Waals surface area contributed by atoms with Crippen LogP contribution in [0, 0.1) is 17.7 Å². The molecule has 0 saturated heterocycles. The highest BCUT2D eigenvalue weighted by Gasteiger charge is 2.02. The number of fused-ring (bicyclic) bond motifs is 1. The predicted octanol–water partition coefficient (Wildman–Crippen LogP) is 4.03. The molecule has 0 heterocycles. The molecule has 0 N–H and O–H groups in total. The monoisotopic (exact) mass is 239 g/mol. The van der Waals surface area contributed by atoms with E-state index in [-0.39, 0.29) is 5.82 Å². The summed E-state index contributed by atoms with van der Waals surface area (Å²) in [6.45, 7) is 0.350. The average molecular weight is 239 g/mol. The Kier molecular flexibility index (Phi) is 3.80. The van der Waals surface area contributed by atoms with E-state index in [1.807, 2.05) is 12.1 Å². The van der Waals surface area contributed by atoms with Gasteiger partial charge in [-0.25, -0.2) is 4.39 Å². The number of rotatable bonds is 2. The van der Waals surface area contributed by atoms with Crippen LogP contribution in [0.5, 0.6) is 0 Å². The van der Waals surface area contributed by atoms with E-state index in [9.17, 15) is 4.39 Å². The highest BCUT2D eigenvalue weighted by atomic mass is 19.1. The van der Waals surface area contributed by atoms with Gasteiger partial charge in [0.05, 0.1) is 0 Å². The molecule has 0 bridgehead atoms. The van der Waals surface area contributed by atoms with Crippen molar-refractivity contribution in [3.05, 3.63) is 58.2 Å². The van der Waals surface area contributed by atoms with Crippen LogP contribution in [0.1, 0.15) is 12.0 Å². The van der Waals surface area contributed by atoms with Crippen molar-refractivity contribution in [3.63, 3.8) is 0 Å². The number of azide groups is 1. The molecule has 2 aromatic carbocycles. The van der Waals surface area contributed by atoms with Crippen LogP contribution in [0.2, 0.25) is 0 Å². The molecule has 0 spiro atoms. The zero-order valence-corrected chi connectivity index (χ0v) is 9.60. The highest BCUT2D eigenvalue weighted by Crippen LogP contribution is 2.20. The highest BCUT2D eigenvalue weighted by molar-refractivity contribution is 5.88. The first kappa shape index (κ1) is 12.0. The van der Waals surface area contributed by atoms with Gasteiger partial charge in [-0.1, -0.05) is 41.2 Å². The molecule has 0 aliphatic heterocycles. The fourth-order valence-electron chi connectivity index (χ4n) is 1.68. The first-order chi connectivity index (χ1) is 8.83. The molecule has 0 aliphatic carbocycles. The van der Waals surface area contributed by atoms with Crippen LogP contribution in [0.3, 0.4) is 0 Å². The lowest BCUT2D eigenvalue weighted by atomic mass is 10.0. The molecular formula is C14H10FN3. The Hall–Kier alpha value is -2.50. The van der Waals surface area contributed by atoms with Gasteiger partial charge in [-0.15, -0.1) is 0 Å². The van der Waals surface area contributed by atoms with Crippen molar-refractivity contribution in [2.75, 3.05) is 6.54 Å². The van der Waals surface area contributed by atoms with Crippen LogP contribution < -0.4 is 0 Å². The summed E-state index contributed by atoms with van der Waals surface area (Å²) < 4.78 is 13.6. The van der Waals surface area contributed by atoms with E-state index in [0.29, 0.717) is 18.4 Å². The Morgan fingerprint density at radius 2 is 1.94 bits per heavy atom. The third kappa shape index (κ3) is 2.60. The van der Waals surface area contributed by atoms with Gasteiger partial charge in [0, 0.05) is 34.2 Å². The van der Waals surface area contributed by atoms with Gasteiger partial charge in [0.2, 0.25) is 0 Å². The number of hydrogen-bond acceptors (Lipinski definition) is 1. The third-order valence-electron chi connectivity index (χ3n) is 2.49. The van der Waals surface area contributed by atoms with Gasteiger partial charge in [0.15, 0.2) is 0 Å². The van der Waals surface area contributed by atoms with Crippen LogP contribution in [-0.2, 0) is 0 Å². The maximum Gasteiger partial charge on any atom is 0.131 e. The van der Waals surface area contributed by atoms with Crippen molar-refractivity contribution in [1.82, 2.24) is 0 Å². The Bertz CT molecular complexity index is 676. The van der Waals surface area contributed by atoms with Gasteiger partial charge in [-0.05, 0) is 17.7 Å². The molecule has 0 amide bonds. The molecule has 0 saturated carbocycles. The standard InChI is InChI=1S/C14H10FN3/c15-14-9-8-11(5-3-4-10-17-18-16)12-6-1-2-7-13(12)14/h1-2,6-9H,4,10H2. The molecular weight excluding hydrogens is 229 g/mol. The second kappa shape index (κ2) is 5.72. The maximum atomic E-state index is 13.6. The fraction of sp³-hybridized carbons (Fsp3) is 0.143. The Balaban J connectivity index is 2.34. The number of benzene rings is 2. The minimum Gasteiger partial charge on any atom is -0.206 e. The van der Waals surface area contributed by atoms with Crippen LogP contribution >= 0.6 is 0 Å². The maximum absolute atomic E-state index is 13.6. The van der Waals surface area contributed by atoms with Crippen molar-refractivity contribution < 1.29 is 4.39 Å². The second-order valence-corrected chi connectivity index (χ2v) is 3.65. The van der Waals surface area contributed by atoms with Gasteiger partial charge in [-0.2, -0.15) is 0 Å². The first-order valence-corrected chi connectivity index (χ1v) is 5.50. The summed E-state index contributed by atoms with van der Waals surface area (Å²) in [7, 11) is 0. The van der Waals surface area contributed by atoms with E-state index in [4.69, 9.17) is 5.53 Å². The summed E-state index contributed by atoms with van der Waals surface area (Å²) in [5, 5.41) is 4.77. The molecule has 4 heteroatoms. The fourth-order valence-corrected chi connectivity index (χ4v) is 1.68. The zero-order valence-electron chi connectivity index (χ0n) is 9.60. The largest absolute Gasteiger partial charge is 0.206 e. The minimum atomic E-state index is -0.245. The third-order valence-corrected chi connectivity index (χ3v) is 2.49. The van der Waals surface area contributed by atoms with Gasteiger partial charge in [-0.3, -0.25) is 0 Å². The Morgan fingerprint density at radius 1 is 1.17 bits per heavy atom. The van der Waals surface area contributed by atoms with Crippen molar-refractivity contribution in [2.24, 2.45) is 5.11 Å². The van der Waals surface area contributed by atoms with Crippen LogP contribution in [0.15, 0.2) is 41.5 Å². The summed E-state index contributed by atoms with van der Waals surface area (Å²) in [5.74, 6) is 5.64. The van der Waals surface area contributed by atoms with Crippen molar-refractivity contribution in [2.45, 2.75) is 6.42 Å². The van der Waals surface area contributed by atoms with Gasteiger partial charge < -0.3 is 0 Å². The molecule has 18 heavy (non-hydrogen) atoms. The quantitative estimate of drug-likeness (QED) is 0.250. The van der Waals surface area contributed by atoms with Crippen molar-refractivity contribution >= 4 is 10.8 Å². The van der Waals surface area contributed by atoms with Crippen LogP contribution in [0.25, 0.3) is 21.2 Å². The van der Waals surface area contributed by atoms with Gasteiger partial charge in [0.25, 0.3) is 0 Å². The number of hydrogen-bond donors (Lipinski definition) is 0. The summed E-state index contributed by atoms with van der Waals surface area (Å²) in [6.07, 6.45) is 0.496. The molecule has 0 atom stereocenters. The van der Waals surface area contributed by atoms with E-state index < -0.39 is 0 Å². The van der Waals surface area contributed by atoms with Crippen LogP contribution in [0.4, 0.5) is 4.39 Å². The van der Waals surface area contributed by atoms with E-state index in [1.165, 1.54) is 6.07 Å². The Labute approximate surface area is 104 Å². The predicted molar refractivity (Wildman–Crippen MR) is 69.4 cm³/mol. The molecule has 0 fully saturated rings. The zero-order chi connectivity index (χ0) is 12.8. The summed E-state index contributed by atoms with van der Waals surface area (Å²) in [5.41, 5.74) is 8.91. The van der Waals surface area contributed by atoms with Gasteiger partial charge >= 0.3 is 0 Å². The first-order valence-electron chi connectivity index (χ1n) is 5.50.